The van der Waals surface area contributed by atoms with E-state index in [0.29, 0.717) is 5.75 Å². The highest BCUT2D eigenvalue weighted by Gasteiger charge is 2.15. The SMILES string of the molecule is Cc1ccc(-n2c(C)c(Br)c(/C=N\NC(=O)CSCc3cccc(Br)c3)c2C)cc1. The number of aryl methyl sites for hydroxylation is 1. The minimum absolute atomic E-state index is 0.116. The number of halogens is 2. The van der Waals surface area contributed by atoms with Gasteiger partial charge in [0.05, 0.1) is 12.0 Å². The molecule has 156 valence electrons. The van der Waals surface area contributed by atoms with Gasteiger partial charge in [0, 0.05) is 37.3 Å². The molecule has 0 aliphatic heterocycles. The summed E-state index contributed by atoms with van der Waals surface area (Å²) in [5.41, 5.74) is 9.24. The van der Waals surface area contributed by atoms with Crippen LogP contribution >= 0.6 is 43.6 Å². The first kappa shape index (κ1) is 22.8. The Morgan fingerprint density at radius 1 is 1.10 bits per heavy atom. The van der Waals surface area contributed by atoms with Crippen molar-refractivity contribution >= 4 is 55.7 Å². The minimum Gasteiger partial charge on any atom is -0.317 e. The molecule has 0 saturated carbocycles. The van der Waals surface area contributed by atoms with E-state index < -0.39 is 0 Å². The van der Waals surface area contributed by atoms with E-state index >= 15 is 0 Å². The summed E-state index contributed by atoms with van der Waals surface area (Å²) in [6.07, 6.45) is 1.70. The van der Waals surface area contributed by atoms with Crippen LogP contribution in [0.1, 0.15) is 28.1 Å². The maximum atomic E-state index is 12.1. The molecule has 0 bridgehead atoms. The normalized spacial score (nSPS) is 11.2. The van der Waals surface area contributed by atoms with Gasteiger partial charge in [-0.05, 0) is 66.5 Å². The van der Waals surface area contributed by atoms with Crippen molar-refractivity contribution in [3.63, 3.8) is 0 Å². The lowest BCUT2D eigenvalue weighted by Crippen LogP contribution is -2.19. The van der Waals surface area contributed by atoms with E-state index in [0.717, 1.165) is 37.3 Å². The summed E-state index contributed by atoms with van der Waals surface area (Å²) in [4.78, 5) is 12.1. The van der Waals surface area contributed by atoms with Gasteiger partial charge in [0.1, 0.15) is 0 Å². The molecule has 4 nitrogen and oxygen atoms in total. The Balaban J connectivity index is 1.61. The number of carbonyl (C=O) groups excluding carboxylic acids is 1. The van der Waals surface area contributed by atoms with Crippen LogP contribution in [0.25, 0.3) is 5.69 Å². The smallest absolute Gasteiger partial charge is 0.250 e. The molecule has 3 rings (SSSR count). The van der Waals surface area contributed by atoms with Crippen molar-refractivity contribution in [2.45, 2.75) is 26.5 Å². The fourth-order valence-electron chi connectivity index (χ4n) is 3.14. The molecule has 1 amide bonds. The molecule has 30 heavy (non-hydrogen) atoms. The van der Waals surface area contributed by atoms with Gasteiger partial charge >= 0.3 is 0 Å². The third kappa shape index (κ3) is 5.65. The van der Waals surface area contributed by atoms with Crippen molar-refractivity contribution in [3.8, 4) is 5.69 Å². The summed E-state index contributed by atoms with van der Waals surface area (Å²) < 4.78 is 4.20. The summed E-state index contributed by atoms with van der Waals surface area (Å²) in [6.45, 7) is 6.19. The lowest BCUT2D eigenvalue weighted by atomic mass is 10.2. The van der Waals surface area contributed by atoms with E-state index in [2.05, 4.69) is 104 Å². The monoisotopic (exact) mass is 547 g/mol. The average molecular weight is 549 g/mol. The molecule has 7 heteroatoms. The number of rotatable bonds is 7. The molecule has 0 fully saturated rings. The molecule has 0 aliphatic carbocycles. The summed E-state index contributed by atoms with van der Waals surface area (Å²) in [5.74, 6) is 1.02. The molecular formula is C23H23Br2N3OS. The van der Waals surface area contributed by atoms with Crippen LogP contribution in [-0.2, 0) is 10.5 Å². The van der Waals surface area contributed by atoms with E-state index in [9.17, 15) is 4.79 Å². The Labute approximate surface area is 198 Å². The molecule has 1 N–H and O–H groups in total. The van der Waals surface area contributed by atoms with Gasteiger partial charge in [-0.2, -0.15) is 5.10 Å². The van der Waals surface area contributed by atoms with Gasteiger partial charge < -0.3 is 4.57 Å². The number of aromatic nitrogens is 1. The summed E-state index contributed by atoms with van der Waals surface area (Å²) in [5, 5.41) is 4.18. The Bertz CT molecular complexity index is 1070. The Kier molecular flexibility index (Phi) is 7.97. The zero-order valence-corrected chi connectivity index (χ0v) is 21.1. The van der Waals surface area contributed by atoms with Crippen LogP contribution in [0, 0.1) is 20.8 Å². The standard InChI is InChI=1S/C23H23Br2N3OS/c1-15-7-9-20(10-8-15)28-16(2)21(23(25)17(28)3)12-26-27-22(29)14-30-13-18-5-4-6-19(24)11-18/h4-12H,13-14H2,1-3H3,(H,27,29)/b26-12-. The predicted octanol–water partition coefficient (Wildman–Crippen LogP) is 6.31. The second-order valence-electron chi connectivity index (χ2n) is 6.99. The van der Waals surface area contributed by atoms with E-state index in [1.54, 1.807) is 18.0 Å². The maximum Gasteiger partial charge on any atom is 0.250 e. The van der Waals surface area contributed by atoms with Crippen LogP contribution in [0.4, 0.5) is 0 Å². The van der Waals surface area contributed by atoms with Crippen LogP contribution in [0.2, 0.25) is 0 Å². The lowest BCUT2D eigenvalue weighted by Gasteiger charge is -2.09. The molecule has 0 saturated heterocycles. The third-order valence-corrected chi connectivity index (χ3v) is 7.18. The van der Waals surface area contributed by atoms with Crippen molar-refractivity contribution in [1.29, 1.82) is 0 Å². The van der Waals surface area contributed by atoms with Gasteiger partial charge in [-0.1, -0.05) is 45.8 Å². The first-order chi connectivity index (χ1) is 14.4. The summed E-state index contributed by atoms with van der Waals surface area (Å²) in [7, 11) is 0. The molecule has 0 radical (unpaired) electrons. The minimum atomic E-state index is -0.116. The number of hydrazone groups is 1. The summed E-state index contributed by atoms with van der Waals surface area (Å²) in [6, 6.07) is 16.5. The van der Waals surface area contributed by atoms with Crippen LogP contribution in [0.3, 0.4) is 0 Å². The highest BCUT2D eigenvalue weighted by molar-refractivity contribution is 9.10. The summed E-state index contributed by atoms with van der Waals surface area (Å²) >= 11 is 8.69. The van der Waals surface area contributed by atoms with Crippen LogP contribution in [0.15, 0.2) is 62.6 Å². The van der Waals surface area contributed by atoms with Gasteiger partial charge in [0.2, 0.25) is 5.91 Å². The predicted molar refractivity (Wildman–Crippen MR) is 134 cm³/mol. The second kappa shape index (κ2) is 10.5. The highest BCUT2D eigenvalue weighted by atomic mass is 79.9. The molecule has 0 atom stereocenters. The number of thioether (sulfide) groups is 1. The maximum absolute atomic E-state index is 12.1. The van der Waals surface area contributed by atoms with E-state index in [1.165, 1.54) is 11.1 Å². The van der Waals surface area contributed by atoms with Gasteiger partial charge in [0.15, 0.2) is 0 Å². The molecule has 1 aromatic heterocycles. The van der Waals surface area contributed by atoms with Crippen molar-refractivity contribution in [3.05, 3.63) is 85.6 Å². The number of hydrogen-bond donors (Lipinski definition) is 1. The van der Waals surface area contributed by atoms with Gasteiger partial charge in [-0.25, -0.2) is 5.43 Å². The van der Waals surface area contributed by atoms with Crippen LogP contribution in [-0.4, -0.2) is 22.4 Å². The van der Waals surface area contributed by atoms with Crippen LogP contribution < -0.4 is 5.43 Å². The molecule has 1 heterocycles. The Hall–Kier alpha value is -1.83. The van der Waals surface area contributed by atoms with Gasteiger partial charge in [0.25, 0.3) is 0 Å². The lowest BCUT2D eigenvalue weighted by molar-refractivity contribution is -0.118. The van der Waals surface area contributed by atoms with Crippen molar-refractivity contribution in [1.82, 2.24) is 9.99 Å². The van der Waals surface area contributed by atoms with E-state index in [4.69, 9.17) is 0 Å². The molecule has 0 aliphatic rings. The molecule has 0 spiro atoms. The van der Waals surface area contributed by atoms with E-state index in [1.807, 2.05) is 12.1 Å². The van der Waals surface area contributed by atoms with Crippen molar-refractivity contribution in [2.24, 2.45) is 5.10 Å². The third-order valence-electron chi connectivity index (χ3n) is 4.68. The zero-order valence-electron chi connectivity index (χ0n) is 17.1. The van der Waals surface area contributed by atoms with Gasteiger partial charge in [-0.3, -0.25) is 4.79 Å². The van der Waals surface area contributed by atoms with E-state index in [-0.39, 0.29) is 5.91 Å². The first-order valence-electron chi connectivity index (χ1n) is 9.45. The largest absolute Gasteiger partial charge is 0.317 e. The number of nitrogens with one attached hydrogen (secondary N) is 1. The highest BCUT2D eigenvalue weighted by Crippen LogP contribution is 2.29. The average Bonchev–Trinajstić information content (AvgIpc) is 2.92. The van der Waals surface area contributed by atoms with Crippen molar-refractivity contribution < 1.29 is 4.79 Å². The number of amides is 1. The number of hydrogen-bond acceptors (Lipinski definition) is 3. The molecule has 0 unspecified atom stereocenters. The van der Waals surface area contributed by atoms with Gasteiger partial charge in [-0.15, -0.1) is 11.8 Å². The number of nitrogens with zero attached hydrogens (tertiary/aromatic N) is 2. The molecular weight excluding hydrogens is 526 g/mol. The zero-order chi connectivity index (χ0) is 21.7. The first-order valence-corrected chi connectivity index (χ1v) is 12.2. The number of benzene rings is 2. The second-order valence-corrected chi connectivity index (χ2v) is 9.68. The molecule has 3 aromatic rings. The number of carbonyl (C=O) groups is 1. The fourth-order valence-corrected chi connectivity index (χ4v) is 4.93. The quantitative estimate of drug-likeness (QED) is 0.278. The topological polar surface area (TPSA) is 46.4 Å². The van der Waals surface area contributed by atoms with Crippen LogP contribution in [0.5, 0.6) is 0 Å². The molecule has 2 aromatic carbocycles. The fraction of sp³-hybridized carbons (Fsp3) is 0.217. The van der Waals surface area contributed by atoms with Crippen molar-refractivity contribution in [2.75, 3.05) is 5.75 Å². The Morgan fingerprint density at radius 3 is 2.53 bits per heavy atom. The Morgan fingerprint density at radius 2 is 1.83 bits per heavy atom.